The minimum atomic E-state index is -0.430. The number of piperidine rings is 1. The van der Waals surface area contributed by atoms with Crippen molar-refractivity contribution in [3.05, 3.63) is 92.0 Å². The predicted octanol–water partition coefficient (Wildman–Crippen LogP) is 4.71. The minimum absolute atomic E-state index is 0.0153. The van der Waals surface area contributed by atoms with Crippen LogP contribution in [0, 0.1) is 24.7 Å². The van der Waals surface area contributed by atoms with Gasteiger partial charge < -0.3 is 14.8 Å². The zero-order chi connectivity index (χ0) is 34.6. The Hall–Kier alpha value is -5.07. The molecular weight excluding hydrogens is 646 g/mol. The van der Waals surface area contributed by atoms with Crippen LogP contribution in [-0.2, 0) is 30.2 Å². The molecule has 1 unspecified atom stereocenters. The lowest BCUT2D eigenvalue weighted by Gasteiger charge is -2.20. The van der Waals surface area contributed by atoms with Gasteiger partial charge in [-0.15, -0.1) is 0 Å². The molecule has 0 spiro atoms. The van der Waals surface area contributed by atoms with Crippen LogP contribution in [0.15, 0.2) is 64.4 Å². The first kappa shape index (κ1) is 32.5. The minimum Gasteiger partial charge on any atom is -0.480 e. The summed E-state index contributed by atoms with van der Waals surface area (Å²) < 4.78 is 13.4. The van der Waals surface area contributed by atoms with Crippen molar-refractivity contribution in [1.29, 1.82) is 0 Å². The Kier molecular flexibility index (Phi) is 8.45. The molecule has 252 valence electrons. The van der Waals surface area contributed by atoms with Crippen molar-refractivity contribution in [2.75, 3.05) is 32.1 Å². The van der Waals surface area contributed by atoms with E-state index in [4.69, 9.17) is 31.0 Å². The highest BCUT2D eigenvalue weighted by atomic mass is 35.5. The van der Waals surface area contributed by atoms with E-state index in [1.807, 2.05) is 50.2 Å². The summed E-state index contributed by atoms with van der Waals surface area (Å²) in [6, 6.07) is 13.2. The zero-order valence-electron chi connectivity index (χ0n) is 27.9. The molecule has 1 N–H and O–H groups in total. The van der Waals surface area contributed by atoms with E-state index >= 15 is 0 Å². The van der Waals surface area contributed by atoms with Gasteiger partial charge in [0.2, 0.25) is 5.88 Å². The van der Waals surface area contributed by atoms with Crippen LogP contribution in [-0.4, -0.2) is 61.8 Å². The van der Waals surface area contributed by atoms with E-state index in [0.717, 1.165) is 45.7 Å². The molecule has 7 rings (SSSR count). The molecular formula is C36H36ClN7O5. The molecule has 5 aromatic rings. The van der Waals surface area contributed by atoms with Crippen LogP contribution in [0.3, 0.4) is 0 Å². The van der Waals surface area contributed by atoms with Gasteiger partial charge in [0.25, 0.3) is 5.56 Å². The van der Waals surface area contributed by atoms with E-state index in [0.29, 0.717) is 63.9 Å². The number of hydrogen-bond donors (Lipinski definition) is 1. The fraction of sp³-hybridized carbons (Fsp3) is 0.333. The molecule has 4 heterocycles. The van der Waals surface area contributed by atoms with Crippen LogP contribution in [0.25, 0.3) is 33.3 Å². The zero-order valence-corrected chi connectivity index (χ0v) is 28.6. The topological polar surface area (TPSA) is 133 Å². The van der Waals surface area contributed by atoms with Gasteiger partial charge in [0.1, 0.15) is 16.9 Å². The average molecular weight is 682 g/mol. The summed E-state index contributed by atoms with van der Waals surface area (Å²) in [6.07, 6.45) is 3.28. The van der Waals surface area contributed by atoms with Crippen molar-refractivity contribution in [2.24, 2.45) is 31.8 Å². The molecule has 2 fully saturated rings. The van der Waals surface area contributed by atoms with Gasteiger partial charge in [-0.3, -0.25) is 28.6 Å². The summed E-state index contributed by atoms with van der Waals surface area (Å²) in [6.45, 7) is 6.41. The van der Waals surface area contributed by atoms with Gasteiger partial charge in [-0.1, -0.05) is 41.9 Å². The lowest BCUT2D eigenvalue weighted by atomic mass is 9.96. The number of methoxy groups -OCH3 is 1. The molecule has 49 heavy (non-hydrogen) atoms. The third-order valence-electron chi connectivity index (χ3n) is 9.74. The number of aromatic nitrogens is 5. The first-order valence-electron chi connectivity index (χ1n) is 16.1. The van der Waals surface area contributed by atoms with Gasteiger partial charge in [-0.25, -0.2) is 14.8 Å². The van der Waals surface area contributed by atoms with Crippen molar-refractivity contribution >= 4 is 40.0 Å². The van der Waals surface area contributed by atoms with Gasteiger partial charge in [0, 0.05) is 56.7 Å². The highest BCUT2D eigenvalue weighted by molar-refractivity contribution is 6.36. The first-order chi connectivity index (χ1) is 23.6. The predicted molar refractivity (Wildman–Crippen MR) is 187 cm³/mol. The second kappa shape index (κ2) is 12.8. The van der Waals surface area contributed by atoms with Crippen molar-refractivity contribution in [2.45, 2.75) is 20.4 Å². The Balaban J connectivity index is 1.15. The number of pyridine rings is 1. The van der Waals surface area contributed by atoms with E-state index in [1.165, 1.54) is 11.6 Å². The summed E-state index contributed by atoms with van der Waals surface area (Å²) in [5.41, 5.74) is 4.93. The molecule has 2 aliphatic rings. The number of esters is 1. The van der Waals surface area contributed by atoms with E-state index in [1.54, 1.807) is 32.6 Å². The largest absolute Gasteiger partial charge is 0.480 e. The summed E-state index contributed by atoms with van der Waals surface area (Å²) in [7, 11) is 4.66. The number of carbonyl (C=O) groups is 1. The lowest BCUT2D eigenvalue weighted by Crippen LogP contribution is -2.37. The monoisotopic (exact) mass is 681 g/mol. The number of hydrogen-bond acceptors (Lipinski definition) is 10. The second-order valence-corrected chi connectivity index (χ2v) is 12.9. The van der Waals surface area contributed by atoms with Gasteiger partial charge in [0.15, 0.2) is 0 Å². The Morgan fingerprint density at radius 3 is 2.45 bits per heavy atom. The van der Waals surface area contributed by atoms with Crippen molar-refractivity contribution < 1.29 is 14.3 Å². The molecule has 1 saturated heterocycles. The average Bonchev–Trinajstić information content (AvgIpc) is 3.62. The first-order valence-corrected chi connectivity index (χ1v) is 16.5. The van der Waals surface area contributed by atoms with Gasteiger partial charge in [-0.05, 0) is 48.9 Å². The number of rotatable bonds is 9. The Bertz CT molecular complexity index is 2240. The van der Waals surface area contributed by atoms with Crippen LogP contribution in [0.1, 0.15) is 18.2 Å². The Morgan fingerprint density at radius 1 is 1.00 bits per heavy atom. The smallest absolute Gasteiger partial charge is 0.330 e. The molecule has 0 amide bonds. The number of anilines is 2. The van der Waals surface area contributed by atoms with Crippen molar-refractivity contribution in [3.8, 4) is 28.3 Å². The second-order valence-electron chi connectivity index (χ2n) is 12.5. The fourth-order valence-electron chi connectivity index (χ4n) is 7.09. The van der Waals surface area contributed by atoms with Crippen LogP contribution in [0.5, 0.6) is 5.88 Å². The number of ether oxygens (including phenoxy) is 2. The molecule has 13 heteroatoms. The molecule has 1 saturated carbocycles. The number of carbonyl (C=O) groups excluding carboxylic acids is 1. The van der Waals surface area contributed by atoms with Gasteiger partial charge >= 0.3 is 11.7 Å². The maximum absolute atomic E-state index is 13.1. The highest BCUT2D eigenvalue weighted by Gasteiger charge is 2.60. The maximum Gasteiger partial charge on any atom is 0.330 e. The third-order valence-corrected chi connectivity index (χ3v) is 10.1. The molecule has 2 aromatic carbocycles. The number of nitrogens with one attached hydrogen (secondary N) is 1. The standard InChI is InChI=1S/C36H36ClN7O5/c1-6-49-35(46)29-23-16-44(17-24(23)29)18-27-33(48-5)41-26(15-39-27)22-11-7-10-21(31(22)37)20-9-8-12-25(19(20)2)40-32-30-28(13-14-38-32)42(3)36(47)43(4)34(30)45/h7-15,23-24,29H,6,16-18H2,1-5H3,(H,38,40)/t23-,24+,29?. The SMILES string of the molecule is CCOC(=O)C1[C@H]2CN(Cc3ncc(-c4cccc(-c5cccc(Nc6nccc7c6c(=O)n(C)c(=O)n7C)c5C)c4Cl)nc3OC)C[C@@H]12. The van der Waals surface area contributed by atoms with Crippen LogP contribution >= 0.6 is 11.6 Å². The number of aryl methyl sites for hydroxylation is 1. The Morgan fingerprint density at radius 2 is 1.71 bits per heavy atom. The number of fused-ring (bicyclic) bond motifs is 2. The van der Waals surface area contributed by atoms with E-state index in [9.17, 15) is 14.4 Å². The van der Waals surface area contributed by atoms with Crippen molar-refractivity contribution in [3.63, 3.8) is 0 Å². The molecule has 3 atom stereocenters. The molecule has 1 aliphatic heterocycles. The van der Waals surface area contributed by atoms with Gasteiger partial charge in [0.05, 0.1) is 42.1 Å². The number of halogens is 1. The molecule has 0 bridgehead atoms. The summed E-state index contributed by atoms with van der Waals surface area (Å²) in [5, 5.41) is 4.15. The molecule has 3 aromatic heterocycles. The summed E-state index contributed by atoms with van der Waals surface area (Å²) in [5.74, 6) is 1.38. The maximum atomic E-state index is 13.1. The number of nitrogens with zero attached hydrogens (tertiary/aromatic N) is 6. The van der Waals surface area contributed by atoms with Crippen LogP contribution in [0.2, 0.25) is 5.02 Å². The summed E-state index contributed by atoms with van der Waals surface area (Å²) in [4.78, 5) is 54.1. The quantitative estimate of drug-likeness (QED) is 0.218. The van der Waals surface area contributed by atoms with Crippen LogP contribution in [0.4, 0.5) is 11.5 Å². The highest BCUT2D eigenvalue weighted by Crippen LogP contribution is 2.52. The summed E-state index contributed by atoms with van der Waals surface area (Å²) >= 11 is 7.10. The molecule has 1 aliphatic carbocycles. The lowest BCUT2D eigenvalue weighted by molar-refractivity contribution is -0.145. The number of benzene rings is 2. The molecule has 0 radical (unpaired) electrons. The van der Waals surface area contributed by atoms with Crippen molar-refractivity contribution in [1.82, 2.24) is 29.0 Å². The van der Waals surface area contributed by atoms with E-state index in [2.05, 4.69) is 15.2 Å². The third kappa shape index (κ3) is 5.64. The van der Waals surface area contributed by atoms with Gasteiger partial charge in [-0.2, -0.15) is 0 Å². The van der Waals surface area contributed by atoms with E-state index in [-0.39, 0.29) is 11.9 Å². The Labute approximate surface area is 287 Å². The van der Waals surface area contributed by atoms with Crippen LogP contribution < -0.4 is 21.3 Å². The van der Waals surface area contributed by atoms with E-state index < -0.39 is 11.2 Å². The molecule has 12 nitrogen and oxygen atoms in total. The normalized spacial score (nSPS) is 18.4. The number of likely N-dealkylation sites (tertiary alicyclic amines) is 1. The fourth-order valence-corrected chi connectivity index (χ4v) is 7.41.